The van der Waals surface area contributed by atoms with E-state index in [9.17, 15) is 4.79 Å². The van der Waals surface area contributed by atoms with Gasteiger partial charge in [-0.15, -0.1) is 0 Å². The minimum atomic E-state index is 0.0837. The van der Waals surface area contributed by atoms with E-state index in [2.05, 4.69) is 17.2 Å². The van der Waals surface area contributed by atoms with Crippen molar-refractivity contribution >= 4 is 11.7 Å². The molecule has 1 saturated heterocycles. The number of likely N-dealkylation sites (tertiary alicyclic amines) is 1. The van der Waals surface area contributed by atoms with Crippen molar-refractivity contribution in [3.05, 3.63) is 23.9 Å². The third kappa shape index (κ3) is 4.43. The molecule has 0 spiro atoms. The molecule has 2 rings (SSSR count). The molecule has 0 aliphatic carbocycles. The Morgan fingerprint density at radius 1 is 1.43 bits per heavy atom. The fraction of sp³-hybridized carbons (Fsp3) is 0.625. The minimum absolute atomic E-state index is 0.0837. The Morgan fingerprint density at radius 2 is 2.19 bits per heavy atom. The Morgan fingerprint density at radius 3 is 2.76 bits per heavy atom. The van der Waals surface area contributed by atoms with Crippen LogP contribution in [0.2, 0.25) is 0 Å². The first-order valence-electron chi connectivity index (χ1n) is 7.72. The van der Waals surface area contributed by atoms with Gasteiger partial charge in [0, 0.05) is 39.5 Å². The molecule has 1 fully saturated rings. The molecule has 0 atom stereocenters. The maximum atomic E-state index is 12.4. The van der Waals surface area contributed by atoms with Crippen LogP contribution in [0.5, 0.6) is 0 Å². The van der Waals surface area contributed by atoms with Gasteiger partial charge in [0.25, 0.3) is 5.91 Å². The lowest BCUT2D eigenvalue weighted by atomic mass is 9.97. The Labute approximate surface area is 126 Å². The highest BCUT2D eigenvalue weighted by atomic mass is 16.5. The summed E-state index contributed by atoms with van der Waals surface area (Å²) in [7, 11) is 1.73. The van der Waals surface area contributed by atoms with Crippen LogP contribution >= 0.6 is 0 Å². The van der Waals surface area contributed by atoms with Crippen molar-refractivity contribution in [1.82, 2.24) is 9.88 Å². The molecule has 0 aromatic carbocycles. The summed E-state index contributed by atoms with van der Waals surface area (Å²) >= 11 is 0. The second-order valence-electron chi connectivity index (χ2n) is 5.55. The summed E-state index contributed by atoms with van der Waals surface area (Å²) in [4.78, 5) is 18.6. The molecule has 1 aliphatic heterocycles. The van der Waals surface area contributed by atoms with Gasteiger partial charge in [-0.2, -0.15) is 0 Å². The normalized spacial score (nSPS) is 16.0. The van der Waals surface area contributed by atoms with Crippen LogP contribution in [0.4, 0.5) is 5.82 Å². The number of hydrogen-bond donors (Lipinski definition) is 1. The van der Waals surface area contributed by atoms with Crippen molar-refractivity contribution in [2.75, 3.05) is 38.7 Å². The molecule has 1 aromatic heterocycles. The lowest BCUT2D eigenvalue weighted by molar-refractivity contribution is 0.0613. The van der Waals surface area contributed by atoms with Gasteiger partial charge in [0.05, 0.1) is 5.56 Å². The molecular formula is C16H25N3O2. The first-order valence-corrected chi connectivity index (χ1v) is 7.72. The van der Waals surface area contributed by atoms with E-state index in [0.29, 0.717) is 11.5 Å². The number of hydrogen-bond acceptors (Lipinski definition) is 4. The summed E-state index contributed by atoms with van der Waals surface area (Å²) in [5.74, 6) is 1.49. The summed E-state index contributed by atoms with van der Waals surface area (Å²) in [6, 6.07) is 3.73. The predicted octanol–water partition coefficient (Wildman–Crippen LogP) is 2.40. The number of piperidine rings is 1. The van der Waals surface area contributed by atoms with E-state index < -0.39 is 0 Å². The minimum Gasteiger partial charge on any atom is -0.384 e. The summed E-state index contributed by atoms with van der Waals surface area (Å²) in [6.45, 7) is 5.41. The maximum absolute atomic E-state index is 12.4. The van der Waals surface area contributed by atoms with Crippen molar-refractivity contribution in [3.8, 4) is 0 Å². The van der Waals surface area contributed by atoms with Gasteiger partial charge in [0.15, 0.2) is 0 Å². The summed E-state index contributed by atoms with van der Waals surface area (Å²) < 4.78 is 5.19. The van der Waals surface area contributed by atoms with Crippen molar-refractivity contribution in [3.63, 3.8) is 0 Å². The van der Waals surface area contributed by atoms with E-state index in [1.807, 2.05) is 17.0 Å². The zero-order valence-corrected chi connectivity index (χ0v) is 13.0. The molecule has 0 saturated carbocycles. The van der Waals surface area contributed by atoms with E-state index >= 15 is 0 Å². The number of pyridine rings is 1. The van der Waals surface area contributed by atoms with Gasteiger partial charge in [0.2, 0.25) is 0 Å². The number of ether oxygens (including phenoxy) is 1. The second-order valence-corrected chi connectivity index (χ2v) is 5.55. The highest BCUT2D eigenvalue weighted by Gasteiger charge is 2.23. The van der Waals surface area contributed by atoms with Crippen LogP contribution in [-0.2, 0) is 4.74 Å². The van der Waals surface area contributed by atoms with Crippen LogP contribution in [0.15, 0.2) is 18.3 Å². The number of aromatic nitrogens is 1. The van der Waals surface area contributed by atoms with Gasteiger partial charge in [-0.1, -0.05) is 6.92 Å². The molecule has 0 unspecified atom stereocenters. The largest absolute Gasteiger partial charge is 0.384 e. The maximum Gasteiger partial charge on any atom is 0.255 e. The zero-order valence-electron chi connectivity index (χ0n) is 13.0. The third-order valence-electron chi connectivity index (χ3n) is 3.87. The number of carbonyl (C=O) groups is 1. The molecular weight excluding hydrogens is 266 g/mol. The van der Waals surface area contributed by atoms with E-state index in [-0.39, 0.29) is 5.91 Å². The molecule has 21 heavy (non-hydrogen) atoms. The first-order chi connectivity index (χ1) is 10.2. The Balaban J connectivity index is 1.88. The van der Waals surface area contributed by atoms with Gasteiger partial charge in [-0.3, -0.25) is 4.79 Å². The number of carbonyl (C=O) groups excluding carboxylic acids is 1. The van der Waals surface area contributed by atoms with Crippen molar-refractivity contribution in [2.45, 2.75) is 26.2 Å². The second kappa shape index (κ2) is 7.98. The van der Waals surface area contributed by atoms with Crippen LogP contribution in [0.25, 0.3) is 0 Å². The number of nitrogens with one attached hydrogen (secondary N) is 1. The molecule has 1 aromatic rings. The molecule has 1 N–H and O–H groups in total. The SMILES string of the molecule is CCCNc1ccc(C(=O)N2CCC(COC)CC2)cn1. The summed E-state index contributed by atoms with van der Waals surface area (Å²) in [5, 5.41) is 3.21. The topological polar surface area (TPSA) is 54.5 Å². The monoisotopic (exact) mass is 291 g/mol. The van der Waals surface area contributed by atoms with E-state index in [1.54, 1.807) is 13.3 Å². The number of rotatable bonds is 6. The Bertz CT molecular complexity index is 439. The molecule has 5 heteroatoms. The average molecular weight is 291 g/mol. The lowest BCUT2D eigenvalue weighted by Crippen LogP contribution is -2.39. The number of amides is 1. The molecule has 0 bridgehead atoms. The molecule has 5 nitrogen and oxygen atoms in total. The fourth-order valence-electron chi connectivity index (χ4n) is 2.60. The standard InChI is InChI=1S/C16H25N3O2/c1-3-8-17-15-5-4-14(11-18-15)16(20)19-9-6-13(7-10-19)12-21-2/h4-5,11,13H,3,6-10,12H2,1-2H3,(H,17,18). The zero-order chi connectivity index (χ0) is 15.1. The Kier molecular flexibility index (Phi) is 5.99. The predicted molar refractivity (Wildman–Crippen MR) is 83.5 cm³/mol. The van der Waals surface area contributed by atoms with Gasteiger partial charge in [0.1, 0.15) is 5.82 Å². The number of nitrogens with zero attached hydrogens (tertiary/aromatic N) is 2. The lowest BCUT2D eigenvalue weighted by Gasteiger charge is -2.31. The van der Waals surface area contributed by atoms with Gasteiger partial charge >= 0.3 is 0 Å². The van der Waals surface area contributed by atoms with E-state index in [4.69, 9.17) is 4.74 Å². The van der Waals surface area contributed by atoms with E-state index in [1.165, 1.54) is 0 Å². The smallest absolute Gasteiger partial charge is 0.255 e. The average Bonchev–Trinajstić information content (AvgIpc) is 2.54. The molecule has 1 amide bonds. The summed E-state index contributed by atoms with van der Waals surface area (Å²) in [5.41, 5.74) is 0.669. The van der Waals surface area contributed by atoms with Gasteiger partial charge in [-0.05, 0) is 37.3 Å². The molecule has 1 aliphatic rings. The van der Waals surface area contributed by atoms with Crippen molar-refractivity contribution in [2.24, 2.45) is 5.92 Å². The van der Waals surface area contributed by atoms with E-state index in [0.717, 1.165) is 51.3 Å². The molecule has 116 valence electrons. The number of methoxy groups -OCH3 is 1. The first kappa shape index (κ1) is 15.8. The van der Waals surface area contributed by atoms with Gasteiger partial charge < -0.3 is 15.0 Å². The van der Waals surface area contributed by atoms with Crippen LogP contribution in [0, 0.1) is 5.92 Å². The van der Waals surface area contributed by atoms with Crippen molar-refractivity contribution in [1.29, 1.82) is 0 Å². The quantitative estimate of drug-likeness (QED) is 0.874. The van der Waals surface area contributed by atoms with Crippen LogP contribution in [0.1, 0.15) is 36.5 Å². The molecule has 2 heterocycles. The van der Waals surface area contributed by atoms with Crippen molar-refractivity contribution < 1.29 is 9.53 Å². The summed E-state index contributed by atoms with van der Waals surface area (Å²) in [6.07, 6.45) is 4.76. The highest BCUT2D eigenvalue weighted by Crippen LogP contribution is 2.19. The highest BCUT2D eigenvalue weighted by molar-refractivity contribution is 5.94. The fourth-order valence-corrected chi connectivity index (χ4v) is 2.60. The van der Waals surface area contributed by atoms with Crippen LogP contribution < -0.4 is 5.32 Å². The van der Waals surface area contributed by atoms with Crippen LogP contribution in [-0.4, -0.2) is 49.1 Å². The van der Waals surface area contributed by atoms with Gasteiger partial charge in [-0.25, -0.2) is 4.98 Å². The van der Waals surface area contributed by atoms with Crippen LogP contribution in [0.3, 0.4) is 0 Å². The molecule has 0 radical (unpaired) electrons. The third-order valence-corrected chi connectivity index (χ3v) is 3.87. The Hall–Kier alpha value is -1.62. The number of anilines is 1.